The lowest BCUT2D eigenvalue weighted by Crippen LogP contribution is -2.51. The fraction of sp³-hybridized carbons (Fsp3) is 0.714. The van der Waals surface area contributed by atoms with Gasteiger partial charge in [-0.1, -0.05) is 0 Å². The van der Waals surface area contributed by atoms with Crippen LogP contribution in [0.5, 0.6) is 0 Å². The zero-order valence-corrected chi connectivity index (χ0v) is 10.0. The van der Waals surface area contributed by atoms with Crippen LogP contribution in [0.4, 0.5) is 0 Å². The molecule has 2 aliphatic heterocycles. The van der Waals surface area contributed by atoms with Gasteiger partial charge in [-0.2, -0.15) is 0 Å². The van der Waals surface area contributed by atoms with Crippen molar-refractivity contribution in [3.8, 4) is 0 Å². The second-order valence-corrected chi connectivity index (χ2v) is 5.13. The normalized spacial score (nSPS) is 38.6. The summed E-state index contributed by atoms with van der Waals surface area (Å²) in [5.74, 6) is -1.19. The molecule has 4 N–H and O–H groups in total. The standard InChI is InChI=1S/C7H11N2O9P/c10-3-2(1-17-19(14,15)16)18-7(4(3)11)5(12)8-6(13)9-7/h2-4,10-11H,1H2,(H2,14,15,16)(H2,8,9,12,13)/p-2. The quantitative estimate of drug-likeness (QED) is 0.371. The highest BCUT2D eigenvalue weighted by Gasteiger charge is 2.56. The molecule has 1 fully saturated rings. The van der Waals surface area contributed by atoms with E-state index in [2.05, 4.69) is 14.5 Å². The number of aliphatic hydroxyl groups is 2. The van der Waals surface area contributed by atoms with Gasteiger partial charge >= 0.3 is 7.82 Å². The Bertz CT molecular complexity index is 487. The van der Waals surface area contributed by atoms with Gasteiger partial charge in [0.25, 0.3) is 0 Å². The van der Waals surface area contributed by atoms with Gasteiger partial charge in [0.2, 0.25) is 5.72 Å². The van der Waals surface area contributed by atoms with Crippen LogP contribution in [0.25, 0.3) is 0 Å². The molecule has 0 amide bonds. The highest BCUT2D eigenvalue weighted by Crippen LogP contribution is 2.40. The number of hydrogen-bond donors (Lipinski definition) is 4. The second kappa shape index (κ2) is 4.49. The first-order chi connectivity index (χ1) is 8.66. The first-order valence-corrected chi connectivity index (χ1v) is 6.46. The minimum absolute atomic E-state index is 0.804. The summed E-state index contributed by atoms with van der Waals surface area (Å²) in [4.78, 5) is 23.1. The first-order valence-electron chi connectivity index (χ1n) is 4.93. The van der Waals surface area contributed by atoms with E-state index in [1.165, 1.54) is 0 Å². The summed E-state index contributed by atoms with van der Waals surface area (Å²) >= 11 is 0. The van der Waals surface area contributed by atoms with Crippen LogP contribution < -0.4 is 10.2 Å². The third-order valence-electron chi connectivity index (χ3n) is 2.61. The van der Waals surface area contributed by atoms with Crippen LogP contribution in [0.3, 0.4) is 0 Å². The van der Waals surface area contributed by atoms with E-state index in [1.807, 2.05) is 0 Å². The first kappa shape index (κ1) is 14.3. The van der Waals surface area contributed by atoms with Crippen LogP contribution in [-0.2, 0) is 13.8 Å². The lowest BCUT2D eigenvalue weighted by molar-refractivity contribution is -0.244. The lowest BCUT2D eigenvalue weighted by atomic mass is 10.0. The number of phosphoric ester groups is 1. The van der Waals surface area contributed by atoms with Gasteiger partial charge in [0.1, 0.15) is 18.3 Å². The third kappa shape index (κ3) is 2.49. The zero-order chi connectivity index (χ0) is 14.4. The predicted molar refractivity (Wildman–Crippen MR) is 52.5 cm³/mol. The van der Waals surface area contributed by atoms with Crippen LogP contribution in [0.1, 0.15) is 0 Å². The molecule has 12 heteroatoms. The molecule has 0 radical (unpaired) electrons. The Morgan fingerprint density at radius 3 is 2.53 bits per heavy atom. The van der Waals surface area contributed by atoms with Crippen LogP contribution in [0.15, 0.2) is 9.98 Å². The van der Waals surface area contributed by atoms with E-state index < -0.39 is 50.4 Å². The number of amidine groups is 1. The summed E-state index contributed by atoms with van der Waals surface area (Å²) in [7, 11) is -4.81. The van der Waals surface area contributed by atoms with Gasteiger partial charge in [-0.15, -0.1) is 0 Å². The SMILES string of the molecule is O=P(O)(O)OCC1OC2(N=C([O-])N=C2[O-])C(O)C1O. The van der Waals surface area contributed by atoms with E-state index in [1.54, 1.807) is 0 Å². The molecule has 0 aliphatic carbocycles. The Morgan fingerprint density at radius 1 is 1.42 bits per heavy atom. The minimum atomic E-state index is -4.81. The molecule has 11 nitrogen and oxygen atoms in total. The van der Waals surface area contributed by atoms with Crippen molar-refractivity contribution in [2.24, 2.45) is 9.98 Å². The topological polar surface area (TPSA) is 187 Å². The summed E-state index contributed by atoms with van der Waals surface area (Å²) in [5, 5.41) is 41.6. The van der Waals surface area contributed by atoms with Gasteiger partial charge in [-0.3, -0.25) is 9.52 Å². The van der Waals surface area contributed by atoms with Gasteiger partial charge in [0.15, 0.2) is 0 Å². The summed E-state index contributed by atoms with van der Waals surface area (Å²) in [6, 6.07) is -1.17. The van der Waals surface area contributed by atoms with Gasteiger partial charge in [-0.05, 0) is 0 Å². The molecule has 0 aromatic rings. The molecule has 1 spiro atoms. The Morgan fingerprint density at radius 2 is 2.05 bits per heavy atom. The van der Waals surface area contributed by atoms with E-state index in [9.17, 15) is 25.0 Å². The number of ether oxygens (including phenoxy) is 1. The molecule has 19 heavy (non-hydrogen) atoms. The average Bonchev–Trinajstić information content (AvgIpc) is 2.68. The van der Waals surface area contributed by atoms with E-state index in [-0.39, 0.29) is 0 Å². The molecule has 0 bridgehead atoms. The summed E-state index contributed by atoms with van der Waals surface area (Å²) in [6.45, 7) is -0.804. The minimum Gasteiger partial charge on any atom is -0.858 e. The van der Waals surface area contributed by atoms with Crippen molar-refractivity contribution in [3.05, 3.63) is 0 Å². The van der Waals surface area contributed by atoms with Gasteiger partial charge in [0.05, 0.1) is 12.6 Å². The van der Waals surface area contributed by atoms with Crippen LogP contribution in [-0.4, -0.2) is 62.6 Å². The second-order valence-electron chi connectivity index (χ2n) is 3.89. The molecule has 108 valence electrons. The largest absolute Gasteiger partial charge is 0.858 e. The van der Waals surface area contributed by atoms with Gasteiger partial charge in [-0.25, -0.2) is 9.56 Å². The molecular weight excluding hydrogens is 287 g/mol. The third-order valence-corrected chi connectivity index (χ3v) is 3.09. The Labute approximate surface area is 105 Å². The number of aliphatic imine (C=N–C) groups is 2. The molecule has 0 saturated carbocycles. The van der Waals surface area contributed by atoms with Crippen molar-refractivity contribution in [3.63, 3.8) is 0 Å². The maximum atomic E-state index is 11.4. The van der Waals surface area contributed by atoms with E-state index in [0.717, 1.165) is 0 Å². The van der Waals surface area contributed by atoms with Crippen molar-refractivity contribution < 1.29 is 44.0 Å². The monoisotopic (exact) mass is 296 g/mol. The summed E-state index contributed by atoms with van der Waals surface area (Å²) < 4.78 is 19.5. The smallest absolute Gasteiger partial charge is 0.469 e. The van der Waals surface area contributed by atoms with Crippen molar-refractivity contribution in [1.29, 1.82) is 0 Å². The number of aliphatic hydroxyl groups excluding tert-OH is 2. The molecule has 4 atom stereocenters. The number of nitrogens with zero attached hydrogens (tertiary/aromatic N) is 2. The molecule has 2 rings (SSSR count). The van der Waals surface area contributed by atoms with Gasteiger partial charge in [0, 0.05) is 5.90 Å². The van der Waals surface area contributed by atoms with Gasteiger partial charge < -0.3 is 34.9 Å². The van der Waals surface area contributed by atoms with Crippen molar-refractivity contribution in [2.45, 2.75) is 24.0 Å². The zero-order valence-electron chi connectivity index (χ0n) is 9.11. The van der Waals surface area contributed by atoms with Crippen molar-refractivity contribution in [1.82, 2.24) is 0 Å². The summed E-state index contributed by atoms with van der Waals surface area (Å²) in [6.07, 6.45) is -5.06. The predicted octanol–water partition coefficient (Wildman–Crippen LogP) is -4.60. The number of phosphoric acid groups is 1. The van der Waals surface area contributed by atoms with Crippen LogP contribution in [0, 0.1) is 0 Å². The molecule has 4 unspecified atom stereocenters. The fourth-order valence-corrected chi connectivity index (χ4v) is 2.10. The molecule has 2 heterocycles. The van der Waals surface area contributed by atoms with E-state index in [4.69, 9.17) is 14.5 Å². The Kier molecular flexibility index (Phi) is 3.39. The van der Waals surface area contributed by atoms with Crippen LogP contribution in [0.2, 0.25) is 0 Å². The average molecular weight is 296 g/mol. The fourth-order valence-electron chi connectivity index (χ4n) is 1.76. The number of hydrogen-bond acceptors (Lipinski definition) is 9. The Balaban J connectivity index is 2.16. The van der Waals surface area contributed by atoms with Crippen molar-refractivity contribution >= 4 is 19.7 Å². The highest BCUT2D eigenvalue weighted by atomic mass is 31.2. The maximum Gasteiger partial charge on any atom is 0.469 e. The highest BCUT2D eigenvalue weighted by molar-refractivity contribution is 7.46. The molecule has 0 aromatic heterocycles. The van der Waals surface area contributed by atoms with Crippen LogP contribution >= 0.6 is 7.82 Å². The Hall–Kier alpha value is -1.07. The summed E-state index contributed by atoms with van der Waals surface area (Å²) in [5.41, 5.74) is -2.36. The van der Waals surface area contributed by atoms with E-state index >= 15 is 0 Å². The van der Waals surface area contributed by atoms with Crippen molar-refractivity contribution in [2.75, 3.05) is 6.61 Å². The lowest BCUT2D eigenvalue weighted by Gasteiger charge is -2.29. The molecular formula is C7H9N2O9P-2. The molecule has 0 aromatic carbocycles. The maximum absolute atomic E-state index is 11.4. The number of rotatable bonds is 3. The molecule has 1 saturated heterocycles. The molecule has 2 aliphatic rings. The van der Waals surface area contributed by atoms with E-state index in [0.29, 0.717) is 0 Å².